The average molecular weight is 358 g/mol. The second-order valence-corrected chi connectivity index (χ2v) is 4.57. The van der Waals surface area contributed by atoms with E-state index in [4.69, 9.17) is 14.2 Å². The Morgan fingerprint density at radius 1 is 0.880 bits per heavy atom. The van der Waals surface area contributed by atoms with Gasteiger partial charge in [0.05, 0.1) is 0 Å². The topological polar surface area (TPSA) is 129 Å². The van der Waals surface area contributed by atoms with Gasteiger partial charge in [-0.15, -0.1) is 0 Å². The molecule has 0 aromatic carbocycles. The summed E-state index contributed by atoms with van der Waals surface area (Å²) in [4.78, 5) is 44.6. The largest absolute Gasteiger partial charge is 0.459 e. The minimum atomic E-state index is -0.825. The molecule has 2 unspecified atom stereocenters. The molecular formula is C15H22N2O8. The van der Waals surface area contributed by atoms with Crippen LogP contribution in [0.1, 0.15) is 13.8 Å². The molecule has 0 aliphatic rings. The Hall–Kier alpha value is -3.04. The van der Waals surface area contributed by atoms with Crippen molar-refractivity contribution in [1.82, 2.24) is 10.6 Å². The van der Waals surface area contributed by atoms with E-state index in [0.717, 1.165) is 12.2 Å². The van der Waals surface area contributed by atoms with Crippen molar-refractivity contribution in [2.24, 2.45) is 0 Å². The Morgan fingerprint density at radius 2 is 1.40 bits per heavy atom. The van der Waals surface area contributed by atoms with Crippen LogP contribution < -0.4 is 10.6 Å². The predicted molar refractivity (Wildman–Crippen MR) is 85.3 cm³/mol. The first-order valence-electron chi connectivity index (χ1n) is 7.27. The van der Waals surface area contributed by atoms with E-state index in [1.165, 1.54) is 13.8 Å². The summed E-state index contributed by atoms with van der Waals surface area (Å²) >= 11 is 0. The Balaban J connectivity index is 3.90. The molecule has 10 nitrogen and oxygen atoms in total. The molecule has 0 aromatic rings. The summed E-state index contributed by atoms with van der Waals surface area (Å²) in [6.07, 6.45) is -1.11. The van der Waals surface area contributed by atoms with E-state index < -0.39 is 36.4 Å². The fraction of sp³-hybridized carbons (Fsp3) is 0.467. The van der Waals surface area contributed by atoms with Gasteiger partial charge in [-0.25, -0.2) is 19.2 Å². The molecule has 0 heterocycles. The van der Waals surface area contributed by atoms with Crippen LogP contribution in [0, 0.1) is 0 Å². The van der Waals surface area contributed by atoms with E-state index in [0.29, 0.717) is 0 Å². The maximum Gasteiger partial charge on any atom is 0.408 e. The fourth-order valence-corrected chi connectivity index (χ4v) is 1.28. The zero-order valence-corrected chi connectivity index (χ0v) is 14.1. The van der Waals surface area contributed by atoms with Gasteiger partial charge in [0.25, 0.3) is 0 Å². The van der Waals surface area contributed by atoms with Crippen LogP contribution in [-0.2, 0) is 28.5 Å². The van der Waals surface area contributed by atoms with Gasteiger partial charge < -0.3 is 29.6 Å². The van der Waals surface area contributed by atoms with Crippen molar-refractivity contribution in [3.05, 3.63) is 25.3 Å². The molecule has 25 heavy (non-hydrogen) atoms. The molecule has 0 fully saturated rings. The molecule has 10 heteroatoms. The Kier molecular flexibility index (Phi) is 10.9. The maximum atomic E-state index is 11.5. The molecule has 0 aliphatic carbocycles. The molecule has 2 amide bonds. The lowest BCUT2D eigenvalue weighted by atomic mass is 10.4. The molecule has 0 rings (SSSR count). The van der Waals surface area contributed by atoms with Gasteiger partial charge in [0.15, 0.2) is 0 Å². The van der Waals surface area contributed by atoms with Crippen LogP contribution in [0.3, 0.4) is 0 Å². The lowest BCUT2D eigenvalue weighted by Gasteiger charge is -2.17. The van der Waals surface area contributed by atoms with Crippen LogP contribution in [-0.4, -0.2) is 56.2 Å². The van der Waals surface area contributed by atoms with Gasteiger partial charge in [0.1, 0.15) is 32.1 Å². The number of esters is 2. The highest BCUT2D eigenvalue weighted by Crippen LogP contribution is 1.94. The average Bonchev–Trinajstić information content (AvgIpc) is 2.56. The highest BCUT2D eigenvalue weighted by atomic mass is 16.6. The second-order valence-electron chi connectivity index (χ2n) is 4.57. The molecule has 2 atom stereocenters. The van der Waals surface area contributed by atoms with Crippen molar-refractivity contribution in [3.8, 4) is 0 Å². The first-order chi connectivity index (χ1) is 11.8. The molecule has 140 valence electrons. The molecule has 0 saturated carbocycles. The number of nitrogens with one attached hydrogen (secondary N) is 2. The van der Waals surface area contributed by atoms with Crippen molar-refractivity contribution < 1.29 is 38.1 Å². The third-order valence-corrected chi connectivity index (χ3v) is 2.33. The van der Waals surface area contributed by atoms with Crippen molar-refractivity contribution >= 4 is 24.1 Å². The van der Waals surface area contributed by atoms with Crippen LogP contribution in [0.5, 0.6) is 0 Å². The molecule has 0 radical (unpaired) electrons. The van der Waals surface area contributed by atoms with Crippen molar-refractivity contribution in [2.45, 2.75) is 26.1 Å². The Morgan fingerprint density at radius 3 is 1.96 bits per heavy atom. The highest BCUT2D eigenvalue weighted by Gasteiger charge is 2.14. The molecule has 0 spiro atoms. The predicted octanol–water partition coefficient (Wildman–Crippen LogP) is 0.632. The van der Waals surface area contributed by atoms with Gasteiger partial charge >= 0.3 is 24.1 Å². The van der Waals surface area contributed by atoms with Crippen LogP contribution in [0.15, 0.2) is 25.3 Å². The molecule has 0 saturated heterocycles. The Bertz CT molecular complexity index is 506. The van der Waals surface area contributed by atoms with Gasteiger partial charge in [-0.05, 0) is 13.8 Å². The summed E-state index contributed by atoms with van der Waals surface area (Å²) in [5.41, 5.74) is 0. The number of rotatable bonds is 10. The normalized spacial score (nSPS) is 11.9. The van der Waals surface area contributed by atoms with Gasteiger partial charge in [-0.2, -0.15) is 0 Å². The number of carbonyl (C=O) groups excluding carboxylic acids is 4. The molecule has 0 bridgehead atoms. The highest BCUT2D eigenvalue weighted by molar-refractivity contribution is 5.81. The van der Waals surface area contributed by atoms with Crippen molar-refractivity contribution in [3.63, 3.8) is 0 Å². The molecule has 0 aromatic heterocycles. The Labute approximate surface area is 145 Å². The number of alkyl carbamates (subject to hydrolysis) is 2. The molecule has 0 aliphatic heterocycles. The quantitative estimate of drug-likeness (QED) is 0.191. The van der Waals surface area contributed by atoms with E-state index in [1.807, 2.05) is 0 Å². The van der Waals surface area contributed by atoms with Crippen LogP contribution >= 0.6 is 0 Å². The third-order valence-electron chi connectivity index (χ3n) is 2.33. The fourth-order valence-electron chi connectivity index (χ4n) is 1.28. The van der Waals surface area contributed by atoms with Gasteiger partial charge in [-0.1, -0.05) is 13.2 Å². The molecular weight excluding hydrogens is 336 g/mol. The summed E-state index contributed by atoms with van der Waals surface area (Å²) in [7, 11) is 0. The van der Waals surface area contributed by atoms with E-state index in [1.54, 1.807) is 0 Å². The van der Waals surface area contributed by atoms with Crippen LogP contribution in [0.25, 0.3) is 0 Å². The second kappa shape index (κ2) is 12.4. The third kappa shape index (κ3) is 12.1. The summed E-state index contributed by atoms with van der Waals surface area (Å²) in [5, 5.41) is 4.63. The monoisotopic (exact) mass is 358 g/mol. The number of hydrogen-bond donors (Lipinski definition) is 2. The van der Waals surface area contributed by atoms with Crippen LogP contribution in [0.4, 0.5) is 9.59 Å². The summed E-state index contributed by atoms with van der Waals surface area (Å²) < 4.78 is 19.0. The number of hydrogen-bond acceptors (Lipinski definition) is 8. The zero-order chi connectivity index (χ0) is 19.2. The van der Waals surface area contributed by atoms with Gasteiger partial charge in [0, 0.05) is 12.2 Å². The van der Waals surface area contributed by atoms with Crippen LogP contribution in [0.2, 0.25) is 0 Å². The van der Waals surface area contributed by atoms with E-state index in [9.17, 15) is 19.2 Å². The number of amides is 2. The summed E-state index contributed by atoms with van der Waals surface area (Å²) in [6.45, 7) is 9.01. The zero-order valence-electron chi connectivity index (χ0n) is 14.1. The molecule has 2 N–H and O–H groups in total. The van der Waals surface area contributed by atoms with Gasteiger partial charge in [0.2, 0.25) is 0 Å². The van der Waals surface area contributed by atoms with E-state index >= 15 is 0 Å². The van der Waals surface area contributed by atoms with Gasteiger partial charge in [-0.3, -0.25) is 0 Å². The first-order valence-corrected chi connectivity index (χ1v) is 7.27. The first kappa shape index (κ1) is 22.0. The summed E-state index contributed by atoms with van der Waals surface area (Å²) in [6, 6.07) is 0. The minimum absolute atomic E-state index is 0.122. The minimum Gasteiger partial charge on any atom is -0.459 e. The van der Waals surface area contributed by atoms with E-state index in [-0.39, 0.29) is 19.8 Å². The lowest BCUT2D eigenvalue weighted by Crippen LogP contribution is -2.46. The van der Waals surface area contributed by atoms with Crippen molar-refractivity contribution in [2.75, 3.05) is 19.8 Å². The number of carbonyl (C=O) groups is 4. The van der Waals surface area contributed by atoms with E-state index in [2.05, 4.69) is 28.5 Å². The van der Waals surface area contributed by atoms with Crippen molar-refractivity contribution in [1.29, 1.82) is 0 Å². The number of ether oxygens (including phenoxy) is 4. The maximum absolute atomic E-state index is 11.5. The SMILES string of the molecule is C=CC(=O)OCCOC(=O)NC(C)NC(=O)OCC(C)OC(=O)C=C. The standard InChI is InChI=1S/C15H22N2O8/c1-5-12(18)22-7-8-23-14(20)16-11(4)17-15(21)24-9-10(3)25-13(19)6-2/h5-6,10-11H,1-2,7-9H2,3-4H3,(H,16,20)(H,17,21). The lowest BCUT2D eigenvalue weighted by molar-refractivity contribution is -0.144. The smallest absolute Gasteiger partial charge is 0.408 e. The summed E-state index contributed by atoms with van der Waals surface area (Å²) in [5.74, 6) is -1.26.